The molecule has 3 rings (SSSR count). The second-order valence-corrected chi connectivity index (χ2v) is 8.50. The van der Waals surface area contributed by atoms with E-state index in [2.05, 4.69) is 20.7 Å². The van der Waals surface area contributed by atoms with Crippen LogP contribution in [-0.2, 0) is 6.42 Å². The molecule has 0 spiro atoms. The van der Waals surface area contributed by atoms with Crippen LogP contribution in [0.15, 0.2) is 39.8 Å². The van der Waals surface area contributed by atoms with Gasteiger partial charge in [-0.2, -0.15) is 0 Å². The third kappa shape index (κ3) is 5.88. The summed E-state index contributed by atoms with van der Waals surface area (Å²) in [6, 6.07) is 9.27. The van der Waals surface area contributed by atoms with Crippen LogP contribution >= 0.6 is 23.4 Å². The van der Waals surface area contributed by atoms with Gasteiger partial charge in [0.2, 0.25) is 0 Å². The number of aliphatic hydroxyl groups is 1. The van der Waals surface area contributed by atoms with Crippen LogP contribution < -0.4 is 10.6 Å². The Bertz CT molecular complexity index is 765. The van der Waals surface area contributed by atoms with Gasteiger partial charge in [0, 0.05) is 53.3 Å². The number of thioether (sulfide) groups is 1. The van der Waals surface area contributed by atoms with Gasteiger partial charge in [-0.1, -0.05) is 23.7 Å². The molecule has 0 radical (unpaired) electrons. The predicted octanol–water partition coefficient (Wildman–Crippen LogP) is 3.24. The van der Waals surface area contributed by atoms with Gasteiger partial charge >= 0.3 is 6.03 Å². The van der Waals surface area contributed by atoms with E-state index in [1.807, 2.05) is 43.0 Å². The van der Waals surface area contributed by atoms with Gasteiger partial charge in [-0.3, -0.25) is 10.2 Å². The zero-order valence-electron chi connectivity index (χ0n) is 15.7. The van der Waals surface area contributed by atoms with Crippen LogP contribution in [0.1, 0.15) is 19.1 Å². The molecule has 1 saturated heterocycles. The number of nitrogens with one attached hydrogen (secondary N) is 2. The fraction of sp³-hybridized carbons (Fsp3) is 0.474. The molecule has 0 aliphatic carbocycles. The molecule has 1 atom stereocenters. The number of aryl methyl sites for hydroxylation is 1. The number of carbonyl (C=O) groups excluding carboxylic acids is 1. The highest BCUT2D eigenvalue weighted by atomic mass is 35.5. The summed E-state index contributed by atoms with van der Waals surface area (Å²) in [5.74, 6) is 1.12. The van der Waals surface area contributed by atoms with Crippen molar-refractivity contribution in [2.24, 2.45) is 0 Å². The SMILES string of the molecule is CCc1cc(NC(=O)NCC[C@@H](CO)N2CC(Sc3ccc(Cl)cc3)C2)no1. The average Bonchev–Trinajstić information content (AvgIpc) is 3.11. The molecule has 0 saturated carbocycles. The van der Waals surface area contributed by atoms with Crippen LogP contribution in [0.5, 0.6) is 0 Å². The molecule has 2 heterocycles. The summed E-state index contributed by atoms with van der Waals surface area (Å²) in [7, 11) is 0. The highest BCUT2D eigenvalue weighted by molar-refractivity contribution is 8.00. The van der Waals surface area contributed by atoms with E-state index in [0.29, 0.717) is 24.0 Å². The number of aliphatic hydroxyl groups excluding tert-OH is 1. The van der Waals surface area contributed by atoms with Crippen molar-refractivity contribution in [3.8, 4) is 0 Å². The Hall–Kier alpha value is -1.74. The zero-order chi connectivity index (χ0) is 19.9. The normalized spacial score (nSPS) is 15.8. The molecule has 1 aliphatic heterocycles. The van der Waals surface area contributed by atoms with Crippen LogP contribution in [0.4, 0.5) is 10.6 Å². The summed E-state index contributed by atoms with van der Waals surface area (Å²) in [4.78, 5) is 15.4. The number of anilines is 1. The number of aromatic nitrogens is 1. The number of amides is 2. The first-order chi connectivity index (χ1) is 13.6. The number of hydrogen-bond acceptors (Lipinski definition) is 6. The molecule has 1 aliphatic rings. The average molecular weight is 425 g/mol. The quantitative estimate of drug-likeness (QED) is 0.572. The van der Waals surface area contributed by atoms with Gasteiger partial charge < -0.3 is 14.9 Å². The molecule has 2 aromatic rings. The highest BCUT2D eigenvalue weighted by Gasteiger charge is 2.32. The number of carbonyl (C=O) groups is 1. The Labute approximate surface area is 173 Å². The topological polar surface area (TPSA) is 90.6 Å². The Balaban J connectivity index is 1.34. The minimum Gasteiger partial charge on any atom is -0.395 e. The molecule has 1 aromatic heterocycles. The van der Waals surface area contributed by atoms with E-state index in [-0.39, 0.29) is 18.7 Å². The molecule has 7 nitrogen and oxygen atoms in total. The van der Waals surface area contributed by atoms with Crippen molar-refractivity contribution in [1.29, 1.82) is 0 Å². The molecular formula is C19H25ClN4O3S. The first kappa shape index (κ1) is 21.0. The lowest BCUT2D eigenvalue weighted by molar-refractivity contribution is 0.0720. The maximum absolute atomic E-state index is 11.9. The van der Waals surface area contributed by atoms with Gasteiger partial charge in [0.25, 0.3) is 0 Å². The summed E-state index contributed by atoms with van der Waals surface area (Å²) in [5.41, 5.74) is 0. The highest BCUT2D eigenvalue weighted by Crippen LogP contribution is 2.31. The second kappa shape index (κ2) is 10.2. The van der Waals surface area contributed by atoms with E-state index < -0.39 is 0 Å². The lowest BCUT2D eigenvalue weighted by atomic mass is 10.1. The minimum atomic E-state index is -0.326. The maximum atomic E-state index is 11.9. The summed E-state index contributed by atoms with van der Waals surface area (Å²) in [5, 5.41) is 20.1. The van der Waals surface area contributed by atoms with Crippen LogP contribution in [0.3, 0.4) is 0 Å². The van der Waals surface area contributed by atoms with E-state index in [4.69, 9.17) is 16.1 Å². The van der Waals surface area contributed by atoms with Crippen molar-refractivity contribution in [2.75, 3.05) is 31.6 Å². The number of urea groups is 1. The summed E-state index contributed by atoms with van der Waals surface area (Å²) >= 11 is 7.74. The molecule has 9 heteroatoms. The standard InChI is InChI=1S/C19H25ClN4O3S/c1-2-15-9-18(23-27-15)22-19(26)21-8-7-14(12-25)24-10-17(11-24)28-16-5-3-13(20)4-6-16/h3-6,9,14,17,25H,2,7-8,10-12H2,1H3,(H2,21,22,23,26)/t14-/m0/s1. The lowest BCUT2D eigenvalue weighted by Gasteiger charge is -2.43. The largest absolute Gasteiger partial charge is 0.395 e. The third-order valence-electron chi connectivity index (χ3n) is 4.63. The van der Waals surface area contributed by atoms with Gasteiger partial charge in [-0.15, -0.1) is 11.8 Å². The van der Waals surface area contributed by atoms with Crippen molar-refractivity contribution in [1.82, 2.24) is 15.4 Å². The minimum absolute atomic E-state index is 0.0427. The molecule has 28 heavy (non-hydrogen) atoms. The Morgan fingerprint density at radius 3 is 2.82 bits per heavy atom. The Kier molecular flexibility index (Phi) is 7.61. The summed E-state index contributed by atoms with van der Waals surface area (Å²) in [6.45, 7) is 4.34. The smallest absolute Gasteiger partial charge is 0.320 e. The molecule has 152 valence electrons. The van der Waals surface area contributed by atoms with Crippen LogP contribution in [-0.4, -0.2) is 58.7 Å². The van der Waals surface area contributed by atoms with Gasteiger partial charge in [-0.05, 0) is 30.7 Å². The van der Waals surface area contributed by atoms with Gasteiger partial charge in [0.15, 0.2) is 5.82 Å². The molecule has 1 aromatic carbocycles. The molecular weight excluding hydrogens is 400 g/mol. The van der Waals surface area contributed by atoms with E-state index in [0.717, 1.165) is 30.3 Å². The summed E-state index contributed by atoms with van der Waals surface area (Å²) in [6.07, 6.45) is 1.41. The number of hydrogen-bond donors (Lipinski definition) is 3. The molecule has 3 N–H and O–H groups in total. The summed E-state index contributed by atoms with van der Waals surface area (Å²) < 4.78 is 5.05. The maximum Gasteiger partial charge on any atom is 0.320 e. The van der Waals surface area contributed by atoms with Gasteiger partial charge in [0.05, 0.1) is 6.61 Å². The molecule has 1 fully saturated rings. The number of benzene rings is 1. The lowest BCUT2D eigenvalue weighted by Crippen LogP contribution is -2.55. The van der Waals surface area contributed by atoms with E-state index in [1.165, 1.54) is 4.90 Å². The second-order valence-electron chi connectivity index (χ2n) is 6.69. The third-order valence-corrected chi connectivity index (χ3v) is 6.06. The number of nitrogens with zero attached hydrogens (tertiary/aromatic N) is 2. The fourth-order valence-corrected chi connectivity index (χ4v) is 4.32. The van der Waals surface area contributed by atoms with Crippen molar-refractivity contribution in [3.05, 3.63) is 41.1 Å². The fourth-order valence-electron chi connectivity index (χ4n) is 2.99. The monoisotopic (exact) mass is 424 g/mol. The van der Waals surface area contributed by atoms with Crippen LogP contribution in [0.2, 0.25) is 5.02 Å². The molecule has 2 amide bonds. The van der Waals surface area contributed by atoms with Crippen molar-refractivity contribution in [3.63, 3.8) is 0 Å². The Morgan fingerprint density at radius 1 is 1.43 bits per heavy atom. The van der Waals surface area contributed by atoms with E-state index in [9.17, 15) is 9.90 Å². The van der Waals surface area contributed by atoms with Crippen molar-refractivity contribution >= 4 is 35.2 Å². The molecule has 0 unspecified atom stereocenters. The van der Waals surface area contributed by atoms with E-state index in [1.54, 1.807) is 6.07 Å². The first-order valence-corrected chi connectivity index (χ1v) is 10.6. The number of halogens is 1. The predicted molar refractivity (Wildman–Crippen MR) is 111 cm³/mol. The van der Waals surface area contributed by atoms with Crippen LogP contribution in [0, 0.1) is 0 Å². The number of rotatable bonds is 9. The van der Waals surface area contributed by atoms with Crippen molar-refractivity contribution < 1.29 is 14.4 Å². The van der Waals surface area contributed by atoms with Crippen molar-refractivity contribution in [2.45, 2.75) is 36.0 Å². The van der Waals surface area contributed by atoms with Gasteiger partial charge in [0.1, 0.15) is 5.76 Å². The first-order valence-electron chi connectivity index (χ1n) is 9.35. The molecule has 0 bridgehead atoms. The zero-order valence-corrected chi connectivity index (χ0v) is 17.3. The van der Waals surface area contributed by atoms with Gasteiger partial charge in [-0.25, -0.2) is 4.79 Å². The van der Waals surface area contributed by atoms with E-state index >= 15 is 0 Å². The van der Waals surface area contributed by atoms with Crippen LogP contribution in [0.25, 0.3) is 0 Å². The Morgan fingerprint density at radius 2 is 2.18 bits per heavy atom. The number of likely N-dealkylation sites (tertiary alicyclic amines) is 1.